The molecule has 81 heavy (non-hydrogen) atoms. The highest BCUT2D eigenvalue weighted by Crippen LogP contribution is 2.26. The summed E-state index contributed by atoms with van der Waals surface area (Å²) in [4.78, 5) is 71.0. The molecule has 0 aliphatic heterocycles. The van der Waals surface area contributed by atoms with Gasteiger partial charge in [0, 0.05) is 18.2 Å². The lowest BCUT2D eigenvalue weighted by atomic mass is 9.90. The fraction of sp³-hybridized carbons (Fsp3) is 0.455. The molecule has 0 bridgehead atoms. The molecule has 4 rings (SSSR count). The molecule has 1 unspecified atom stereocenters. The van der Waals surface area contributed by atoms with Crippen molar-refractivity contribution in [3.63, 3.8) is 0 Å². The Labute approximate surface area is 481 Å². The van der Waals surface area contributed by atoms with E-state index in [4.69, 9.17) is 37.9 Å². The highest BCUT2D eigenvalue weighted by Gasteiger charge is 2.33. The van der Waals surface area contributed by atoms with Gasteiger partial charge in [0.15, 0.2) is 0 Å². The lowest BCUT2D eigenvalue weighted by Gasteiger charge is -2.28. The van der Waals surface area contributed by atoms with Gasteiger partial charge in [0.25, 0.3) is 0 Å². The summed E-state index contributed by atoms with van der Waals surface area (Å²) in [5.41, 5.74) is 2.49. The summed E-state index contributed by atoms with van der Waals surface area (Å²) in [6.07, 6.45) is 14.8. The number of esters is 6. The fourth-order valence-corrected chi connectivity index (χ4v) is 6.29. The van der Waals surface area contributed by atoms with Crippen LogP contribution in [0.15, 0.2) is 121 Å². The van der Waals surface area contributed by atoms with Crippen LogP contribution in [0.1, 0.15) is 131 Å². The zero-order valence-electron chi connectivity index (χ0n) is 49.8. The molecule has 0 heterocycles. The van der Waals surface area contributed by atoms with E-state index in [0.717, 1.165) is 71.4 Å². The number of methoxy groups -OCH3 is 2. The van der Waals surface area contributed by atoms with Crippen LogP contribution in [0.2, 0.25) is 0 Å². The molecule has 1 atom stereocenters. The number of ether oxygens (including phenoxy) is 8. The molecule has 0 fully saturated rings. The van der Waals surface area contributed by atoms with E-state index in [0.29, 0.717) is 26.1 Å². The molecule has 15 nitrogen and oxygen atoms in total. The van der Waals surface area contributed by atoms with Gasteiger partial charge >= 0.3 is 35.8 Å². The van der Waals surface area contributed by atoms with Gasteiger partial charge in [-0.3, -0.25) is 14.4 Å². The molecule has 0 amide bonds. The summed E-state index contributed by atoms with van der Waals surface area (Å²) in [5, 5.41) is 9.70. The number of aliphatic hydroxyl groups is 1. The molecule has 1 N–H and O–H groups in total. The van der Waals surface area contributed by atoms with Crippen molar-refractivity contribution in [1.29, 1.82) is 0 Å². The number of benzene rings is 4. The van der Waals surface area contributed by atoms with Crippen LogP contribution in [0.25, 0.3) is 29.4 Å². The third-order valence-corrected chi connectivity index (χ3v) is 13.4. The van der Waals surface area contributed by atoms with Crippen molar-refractivity contribution in [3.05, 3.63) is 138 Å². The largest absolute Gasteiger partial charge is 0.497 e. The van der Waals surface area contributed by atoms with Crippen LogP contribution in [-0.4, -0.2) is 101 Å². The van der Waals surface area contributed by atoms with Crippen LogP contribution in [0.5, 0.6) is 11.5 Å². The Hall–Kier alpha value is -7.52. The molecule has 442 valence electrons. The van der Waals surface area contributed by atoms with Gasteiger partial charge in [0.1, 0.15) is 37.9 Å². The number of rotatable bonds is 30. The van der Waals surface area contributed by atoms with Gasteiger partial charge in [-0.15, -0.1) is 0 Å². The van der Waals surface area contributed by atoms with Gasteiger partial charge in [-0.05, 0) is 157 Å². The van der Waals surface area contributed by atoms with E-state index in [2.05, 4.69) is 0 Å². The topological polar surface area (TPSA) is 196 Å². The third kappa shape index (κ3) is 28.0. The van der Waals surface area contributed by atoms with E-state index < -0.39 is 33.6 Å². The van der Waals surface area contributed by atoms with Crippen LogP contribution < -0.4 is 9.47 Å². The number of carbonyl (C=O) groups is 6. The molecule has 0 spiro atoms. The Morgan fingerprint density at radius 3 is 1.15 bits per heavy atom. The first-order valence-corrected chi connectivity index (χ1v) is 27.6. The maximum absolute atomic E-state index is 12.1. The lowest BCUT2D eigenvalue weighted by Crippen LogP contribution is -2.37. The average Bonchev–Trinajstić information content (AvgIpc) is 3.49. The Bertz CT molecular complexity index is 2590. The lowest BCUT2D eigenvalue weighted by molar-refractivity contribution is -0.161. The summed E-state index contributed by atoms with van der Waals surface area (Å²) < 4.78 is 41.3. The Kier molecular flexibility index (Phi) is 31.5. The summed E-state index contributed by atoms with van der Waals surface area (Å²) in [5.74, 6) is -0.576. The second kappa shape index (κ2) is 36.7. The Morgan fingerprint density at radius 2 is 0.741 bits per heavy atom. The highest BCUT2D eigenvalue weighted by molar-refractivity contribution is 5.88. The molecular formula is C66H88O15. The van der Waals surface area contributed by atoms with Crippen molar-refractivity contribution in [2.24, 2.45) is 21.7 Å². The molecule has 0 aliphatic rings. The van der Waals surface area contributed by atoms with Gasteiger partial charge in [0.2, 0.25) is 0 Å². The van der Waals surface area contributed by atoms with E-state index in [-0.39, 0.29) is 56.9 Å². The van der Waals surface area contributed by atoms with Crippen molar-refractivity contribution in [3.8, 4) is 22.6 Å². The maximum Gasteiger partial charge on any atom is 0.330 e. The zero-order chi connectivity index (χ0) is 60.3. The monoisotopic (exact) mass is 1120 g/mol. The van der Waals surface area contributed by atoms with Crippen LogP contribution >= 0.6 is 0 Å². The van der Waals surface area contributed by atoms with Crippen molar-refractivity contribution < 1.29 is 71.8 Å². The van der Waals surface area contributed by atoms with Gasteiger partial charge in [-0.2, -0.15) is 0 Å². The van der Waals surface area contributed by atoms with Gasteiger partial charge in [0.05, 0.1) is 55.7 Å². The van der Waals surface area contributed by atoms with Crippen molar-refractivity contribution in [2.75, 3.05) is 60.5 Å². The quantitative estimate of drug-likeness (QED) is 0.0224. The second-order valence-electron chi connectivity index (χ2n) is 21.4. The first kappa shape index (κ1) is 69.6. The number of carbonyl (C=O) groups excluding carboxylic acids is 6. The van der Waals surface area contributed by atoms with Crippen LogP contribution in [0, 0.1) is 21.7 Å². The van der Waals surface area contributed by atoms with E-state index in [1.54, 1.807) is 51.5 Å². The van der Waals surface area contributed by atoms with E-state index in [1.807, 2.05) is 153 Å². The molecule has 4 aromatic rings. The summed E-state index contributed by atoms with van der Waals surface area (Å²) in [6.45, 7) is 19.2. The maximum atomic E-state index is 12.1. The second-order valence-corrected chi connectivity index (χ2v) is 21.4. The minimum Gasteiger partial charge on any atom is -0.497 e. The standard InChI is InChI=1S/C26H32O5.C22H32O5.C18H24O5/c1-5-25(2,3)24(29)31-19-26(4,17-27)18-30-23(28)16-13-20-11-14-22(15-12-20)21-9-7-6-8-10-21;1-5-22(2,3)21(24)27-17-9-7-6-8-16-26-20(23)15-12-18-10-13-19(25-4)14-11-18;1-5-18(2,3)17(20)23-13-12-22-16(19)11-8-14-6-9-15(21-4)10-7-14/h6-16,27H,5,17-19H2,1-4H3;10-15H,5-9,16-17H2,1-4H3;6-11H,5,12-13H2,1-4H3/b16-13+;15-12+;11-8+. The fourth-order valence-electron chi connectivity index (χ4n) is 6.29. The molecule has 15 heteroatoms. The number of unbranched alkanes of at least 4 members (excludes halogenated alkanes) is 3. The van der Waals surface area contributed by atoms with Gasteiger partial charge in [-0.25, -0.2) is 14.4 Å². The van der Waals surface area contributed by atoms with E-state index >= 15 is 0 Å². The highest BCUT2D eigenvalue weighted by atomic mass is 16.6. The number of hydrogen-bond acceptors (Lipinski definition) is 15. The van der Waals surface area contributed by atoms with Crippen LogP contribution in [-0.2, 0) is 57.2 Å². The van der Waals surface area contributed by atoms with Crippen molar-refractivity contribution >= 4 is 54.0 Å². The van der Waals surface area contributed by atoms with Gasteiger partial charge < -0.3 is 43.0 Å². The molecule has 4 aromatic carbocycles. The SMILES string of the molecule is CCC(C)(C)C(=O)OCC(C)(CO)COC(=O)/C=C/c1ccc(-c2ccccc2)cc1.CCC(C)(C)C(=O)OCCCCCCOC(=O)/C=C/c1ccc(OC)cc1.CCC(C)(C)C(=O)OCCOC(=O)/C=C/c1ccc(OC)cc1. The van der Waals surface area contributed by atoms with Gasteiger partial charge in [-0.1, -0.05) is 107 Å². The molecular weight excluding hydrogens is 1030 g/mol. The van der Waals surface area contributed by atoms with Crippen LogP contribution in [0.4, 0.5) is 0 Å². The van der Waals surface area contributed by atoms with Crippen LogP contribution in [0.3, 0.4) is 0 Å². The molecule has 0 radical (unpaired) electrons. The first-order valence-electron chi connectivity index (χ1n) is 27.6. The summed E-state index contributed by atoms with van der Waals surface area (Å²) >= 11 is 0. The van der Waals surface area contributed by atoms with Crippen molar-refractivity contribution in [2.45, 2.75) is 114 Å². The van der Waals surface area contributed by atoms with E-state index in [9.17, 15) is 33.9 Å². The molecule has 0 saturated carbocycles. The number of aliphatic hydroxyl groups excluding tert-OH is 1. The number of hydrogen-bond donors (Lipinski definition) is 1. The van der Waals surface area contributed by atoms with E-state index in [1.165, 1.54) is 18.2 Å². The predicted octanol–water partition coefficient (Wildman–Crippen LogP) is 12.9. The normalized spacial score (nSPS) is 12.2. The molecule has 0 saturated heterocycles. The zero-order valence-corrected chi connectivity index (χ0v) is 49.8. The summed E-state index contributed by atoms with van der Waals surface area (Å²) in [7, 11) is 3.21. The first-order chi connectivity index (χ1) is 38.5. The van der Waals surface area contributed by atoms with Crippen molar-refractivity contribution in [1.82, 2.24) is 0 Å². The predicted molar refractivity (Wildman–Crippen MR) is 317 cm³/mol. The average molecular weight is 1120 g/mol. The Balaban J connectivity index is 0.000000420. The minimum atomic E-state index is -0.861. The smallest absolute Gasteiger partial charge is 0.330 e. The minimum absolute atomic E-state index is 0.0241. The molecule has 0 aliphatic carbocycles. The third-order valence-electron chi connectivity index (χ3n) is 13.4. The molecule has 0 aromatic heterocycles. The summed E-state index contributed by atoms with van der Waals surface area (Å²) in [6, 6.07) is 32.6. The Morgan fingerprint density at radius 1 is 0.407 bits per heavy atom.